The highest BCUT2D eigenvalue weighted by Crippen LogP contribution is 2.41. The fourth-order valence-electron chi connectivity index (χ4n) is 2.66. The van der Waals surface area contributed by atoms with Gasteiger partial charge in [0.1, 0.15) is 11.6 Å². The molecule has 0 unspecified atom stereocenters. The van der Waals surface area contributed by atoms with Crippen LogP contribution in [0, 0.1) is 5.82 Å². The second-order valence-electron chi connectivity index (χ2n) is 5.73. The lowest BCUT2D eigenvalue weighted by atomic mass is 10.1. The van der Waals surface area contributed by atoms with Crippen LogP contribution in [0.4, 0.5) is 4.39 Å². The molecule has 3 rings (SSSR count). The standard InChI is InChI=1S/C17H18FNO3S/c1-22-15-4-2-3-12(9-15)11-23(20,21)19-17-10-16(17)13-5-7-14(18)8-6-13/h2-9,16-17,19H,10-11H2,1H3/t16-,17+/m0/s1. The van der Waals surface area contributed by atoms with E-state index in [4.69, 9.17) is 4.74 Å². The van der Waals surface area contributed by atoms with Crippen LogP contribution in [-0.4, -0.2) is 21.6 Å². The van der Waals surface area contributed by atoms with Gasteiger partial charge in [0, 0.05) is 12.0 Å². The first kappa shape index (κ1) is 16.0. The Labute approximate surface area is 135 Å². The Morgan fingerprint density at radius 3 is 2.65 bits per heavy atom. The van der Waals surface area contributed by atoms with Crippen molar-refractivity contribution in [1.29, 1.82) is 0 Å². The van der Waals surface area contributed by atoms with Crippen LogP contribution in [0.15, 0.2) is 48.5 Å². The van der Waals surface area contributed by atoms with E-state index in [0.29, 0.717) is 11.3 Å². The molecule has 2 atom stereocenters. The van der Waals surface area contributed by atoms with Crippen molar-refractivity contribution >= 4 is 10.0 Å². The number of rotatable bonds is 6. The maximum Gasteiger partial charge on any atom is 0.216 e. The predicted octanol–water partition coefficient (Wildman–Crippen LogP) is 2.81. The van der Waals surface area contributed by atoms with Crippen molar-refractivity contribution in [1.82, 2.24) is 4.72 Å². The quantitative estimate of drug-likeness (QED) is 0.883. The molecule has 1 aliphatic rings. The number of methoxy groups -OCH3 is 1. The summed E-state index contributed by atoms with van der Waals surface area (Å²) in [6.45, 7) is 0. The van der Waals surface area contributed by atoms with E-state index in [0.717, 1.165) is 12.0 Å². The molecule has 23 heavy (non-hydrogen) atoms. The number of halogens is 1. The van der Waals surface area contributed by atoms with E-state index in [-0.39, 0.29) is 23.5 Å². The van der Waals surface area contributed by atoms with E-state index in [1.54, 1.807) is 43.5 Å². The van der Waals surface area contributed by atoms with Crippen molar-refractivity contribution in [3.63, 3.8) is 0 Å². The molecule has 2 aromatic rings. The van der Waals surface area contributed by atoms with Gasteiger partial charge in [0.15, 0.2) is 0 Å². The number of sulfonamides is 1. The van der Waals surface area contributed by atoms with E-state index in [1.807, 2.05) is 0 Å². The molecule has 2 aromatic carbocycles. The van der Waals surface area contributed by atoms with Gasteiger partial charge in [-0.15, -0.1) is 0 Å². The average Bonchev–Trinajstić information content (AvgIpc) is 3.26. The Hall–Kier alpha value is -1.92. The number of ether oxygens (including phenoxy) is 1. The highest BCUT2D eigenvalue weighted by atomic mass is 32.2. The van der Waals surface area contributed by atoms with Gasteiger partial charge in [0.25, 0.3) is 0 Å². The van der Waals surface area contributed by atoms with Crippen LogP contribution in [0.1, 0.15) is 23.5 Å². The van der Waals surface area contributed by atoms with Crippen LogP contribution in [0.2, 0.25) is 0 Å². The number of benzene rings is 2. The minimum absolute atomic E-state index is 0.0865. The third kappa shape index (κ3) is 4.09. The van der Waals surface area contributed by atoms with E-state index >= 15 is 0 Å². The molecule has 0 aromatic heterocycles. The van der Waals surface area contributed by atoms with Gasteiger partial charge in [-0.2, -0.15) is 0 Å². The Balaban J connectivity index is 1.62. The highest BCUT2D eigenvalue weighted by Gasteiger charge is 2.40. The first-order chi connectivity index (χ1) is 11.0. The molecule has 0 saturated heterocycles. The summed E-state index contributed by atoms with van der Waals surface area (Å²) >= 11 is 0. The zero-order chi connectivity index (χ0) is 16.4. The lowest BCUT2D eigenvalue weighted by Crippen LogP contribution is -2.28. The SMILES string of the molecule is COc1cccc(CS(=O)(=O)N[C@@H]2C[C@H]2c2ccc(F)cc2)c1. The minimum Gasteiger partial charge on any atom is -0.497 e. The fourth-order valence-corrected chi connectivity index (χ4v) is 4.08. The van der Waals surface area contributed by atoms with Crippen LogP contribution in [0.3, 0.4) is 0 Å². The van der Waals surface area contributed by atoms with Gasteiger partial charge >= 0.3 is 0 Å². The van der Waals surface area contributed by atoms with Gasteiger partial charge in [0.2, 0.25) is 10.0 Å². The molecule has 0 bridgehead atoms. The summed E-state index contributed by atoms with van der Waals surface area (Å²) in [6.07, 6.45) is 0.739. The second kappa shape index (κ2) is 6.29. The second-order valence-corrected chi connectivity index (χ2v) is 7.48. The van der Waals surface area contributed by atoms with E-state index in [1.165, 1.54) is 12.1 Å². The van der Waals surface area contributed by atoms with Crippen molar-refractivity contribution in [2.75, 3.05) is 7.11 Å². The van der Waals surface area contributed by atoms with Crippen molar-refractivity contribution in [3.05, 3.63) is 65.5 Å². The molecule has 1 fully saturated rings. The summed E-state index contributed by atoms with van der Waals surface area (Å²) in [7, 11) is -1.88. The molecular formula is C17H18FNO3S. The van der Waals surface area contributed by atoms with Crippen molar-refractivity contribution in [2.24, 2.45) is 0 Å². The summed E-state index contributed by atoms with van der Waals surface area (Å²) in [5, 5.41) is 0. The summed E-state index contributed by atoms with van der Waals surface area (Å²) in [5.74, 6) is 0.380. The lowest BCUT2D eigenvalue weighted by molar-refractivity contribution is 0.414. The molecule has 0 amide bonds. The molecule has 4 nitrogen and oxygen atoms in total. The van der Waals surface area contributed by atoms with Gasteiger partial charge in [-0.25, -0.2) is 17.5 Å². The molecule has 0 radical (unpaired) electrons. The van der Waals surface area contributed by atoms with Crippen LogP contribution in [0.5, 0.6) is 5.75 Å². The minimum atomic E-state index is -3.43. The largest absolute Gasteiger partial charge is 0.497 e. The first-order valence-corrected chi connectivity index (χ1v) is 9.00. The Morgan fingerprint density at radius 1 is 1.22 bits per heavy atom. The van der Waals surface area contributed by atoms with Gasteiger partial charge < -0.3 is 4.74 Å². The van der Waals surface area contributed by atoms with Crippen LogP contribution in [0.25, 0.3) is 0 Å². The first-order valence-electron chi connectivity index (χ1n) is 7.35. The topological polar surface area (TPSA) is 55.4 Å². The monoisotopic (exact) mass is 335 g/mol. The third-order valence-electron chi connectivity index (χ3n) is 3.91. The molecule has 0 heterocycles. The number of hydrogen-bond acceptors (Lipinski definition) is 3. The predicted molar refractivity (Wildman–Crippen MR) is 86.3 cm³/mol. The van der Waals surface area contributed by atoms with Crippen LogP contribution < -0.4 is 9.46 Å². The summed E-state index contributed by atoms with van der Waals surface area (Å²) in [5.41, 5.74) is 1.64. The zero-order valence-corrected chi connectivity index (χ0v) is 13.5. The summed E-state index contributed by atoms with van der Waals surface area (Å²) < 4.78 is 45.3. The van der Waals surface area contributed by atoms with Gasteiger partial charge in [-0.3, -0.25) is 0 Å². The van der Waals surface area contributed by atoms with Gasteiger partial charge in [0.05, 0.1) is 12.9 Å². The number of hydrogen-bond donors (Lipinski definition) is 1. The Bertz CT molecular complexity index is 790. The third-order valence-corrected chi connectivity index (χ3v) is 5.29. The van der Waals surface area contributed by atoms with Crippen molar-refractivity contribution in [3.8, 4) is 5.75 Å². The molecule has 6 heteroatoms. The van der Waals surface area contributed by atoms with Crippen molar-refractivity contribution < 1.29 is 17.5 Å². The number of nitrogens with one attached hydrogen (secondary N) is 1. The van der Waals surface area contributed by atoms with Crippen LogP contribution in [-0.2, 0) is 15.8 Å². The van der Waals surface area contributed by atoms with E-state index in [2.05, 4.69) is 4.72 Å². The van der Waals surface area contributed by atoms with Crippen molar-refractivity contribution in [2.45, 2.75) is 24.1 Å². The maximum absolute atomic E-state index is 12.9. The zero-order valence-electron chi connectivity index (χ0n) is 12.7. The average molecular weight is 335 g/mol. The molecule has 122 valence electrons. The van der Waals surface area contributed by atoms with E-state index in [9.17, 15) is 12.8 Å². The van der Waals surface area contributed by atoms with Gasteiger partial charge in [-0.05, 0) is 41.8 Å². The molecule has 1 saturated carbocycles. The molecule has 1 N–H and O–H groups in total. The fraction of sp³-hybridized carbons (Fsp3) is 0.294. The Morgan fingerprint density at radius 2 is 1.96 bits per heavy atom. The lowest BCUT2D eigenvalue weighted by Gasteiger charge is -2.08. The summed E-state index contributed by atoms with van der Waals surface area (Å²) in [4.78, 5) is 0. The maximum atomic E-state index is 12.9. The summed E-state index contributed by atoms with van der Waals surface area (Å²) in [6, 6.07) is 13.1. The smallest absolute Gasteiger partial charge is 0.216 e. The highest BCUT2D eigenvalue weighted by molar-refractivity contribution is 7.88. The molecular weight excluding hydrogens is 317 g/mol. The van der Waals surface area contributed by atoms with E-state index < -0.39 is 10.0 Å². The molecule has 0 aliphatic heterocycles. The Kier molecular flexibility index (Phi) is 4.37. The van der Waals surface area contributed by atoms with Gasteiger partial charge in [-0.1, -0.05) is 24.3 Å². The molecule has 0 spiro atoms. The van der Waals surface area contributed by atoms with Crippen LogP contribution >= 0.6 is 0 Å². The normalized spacial score (nSPS) is 20.3. The molecule has 1 aliphatic carbocycles.